The second kappa shape index (κ2) is 4.52. The van der Waals surface area contributed by atoms with Crippen LogP contribution >= 0.6 is 0 Å². The summed E-state index contributed by atoms with van der Waals surface area (Å²) in [7, 11) is 0. The van der Waals surface area contributed by atoms with Gasteiger partial charge in [-0.3, -0.25) is 13.9 Å². The lowest BCUT2D eigenvalue weighted by molar-refractivity contribution is 0.0899. The minimum absolute atomic E-state index is 0.161. The first kappa shape index (κ1) is 12.2. The number of nitrogens with zero attached hydrogens (tertiary/aromatic N) is 3. The Bertz CT molecular complexity index is 634. The van der Waals surface area contributed by atoms with Gasteiger partial charge in [0.1, 0.15) is 0 Å². The highest BCUT2D eigenvalue weighted by molar-refractivity contribution is 5.81. The Morgan fingerprint density at radius 3 is 2.72 bits per heavy atom. The molecule has 3 N–H and O–H groups in total. The number of anilines is 1. The number of hydrogen-bond donors (Lipinski definition) is 2. The Kier molecular flexibility index (Phi) is 3.05. The molecular weight excluding hydrogens is 234 g/mol. The molecule has 7 nitrogen and oxygen atoms in total. The largest absolute Gasteiger partial charge is 0.369 e. The van der Waals surface area contributed by atoms with E-state index >= 15 is 0 Å². The summed E-state index contributed by atoms with van der Waals surface area (Å²) < 4.78 is 2.82. The van der Waals surface area contributed by atoms with Gasteiger partial charge in [0.2, 0.25) is 11.9 Å². The first-order chi connectivity index (χ1) is 8.50. The standard InChI is InChI=1S/C11H15N5O2/c1-7-8(2)15(11(18)14-7)5-3-9(17)16-6-4-13-10(16)12/h4,6H,3,5H2,1-2H3,(H2,12,13)(H,14,18). The fourth-order valence-corrected chi connectivity index (χ4v) is 1.80. The molecule has 0 aliphatic rings. The maximum absolute atomic E-state index is 11.8. The second-order valence-corrected chi connectivity index (χ2v) is 4.09. The molecular formula is C11H15N5O2. The zero-order valence-electron chi connectivity index (χ0n) is 10.3. The normalized spacial score (nSPS) is 10.8. The Morgan fingerprint density at radius 1 is 1.50 bits per heavy atom. The molecule has 0 unspecified atom stereocenters. The molecule has 0 saturated carbocycles. The van der Waals surface area contributed by atoms with Crippen LogP contribution in [0.1, 0.15) is 22.6 Å². The van der Waals surface area contributed by atoms with Gasteiger partial charge in [0, 0.05) is 36.7 Å². The van der Waals surface area contributed by atoms with Crippen molar-refractivity contribution in [1.29, 1.82) is 0 Å². The van der Waals surface area contributed by atoms with Crippen molar-refractivity contribution >= 4 is 11.9 Å². The molecule has 0 saturated heterocycles. The molecule has 2 aromatic rings. The molecule has 0 amide bonds. The van der Waals surface area contributed by atoms with E-state index in [0.717, 1.165) is 11.4 Å². The van der Waals surface area contributed by atoms with Crippen molar-refractivity contribution in [3.63, 3.8) is 0 Å². The molecule has 18 heavy (non-hydrogen) atoms. The number of imidazole rings is 2. The van der Waals surface area contributed by atoms with Crippen molar-refractivity contribution in [1.82, 2.24) is 19.1 Å². The number of carbonyl (C=O) groups excluding carboxylic acids is 1. The number of aryl methyl sites for hydroxylation is 1. The average molecular weight is 249 g/mol. The van der Waals surface area contributed by atoms with E-state index in [9.17, 15) is 9.59 Å². The Hall–Kier alpha value is -2.31. The number of nitrogens with two attached hydrogens (primary N) is 1. The van der Waals surface area contributed by atoms with Gasteiger partial charge in [-0.05, 0) is 13.8 Å². The Balaban J connectivity index is 2.11. The van der Waals surface area contributed by atoms with Crippen molar-refractivity contribution in [3.8, 4) is 0 Å². The van der Waals surface area contributed by atoms with Crippen molar-refractivity contribution in [2.24, 2.45) is 0 Å². The number of carbonyl (C=O) groups is 1. The third-order valence-electron chi connectivity index (χ3n) is 2.97. The first-order valence-electron chi connectivity index (χ1n) is 5.58. The van der Waals surface area contributed by atoms with E-state index in [-0.39, 0.29) is 24.0 Å². The number of aromatic amines is 1. The summed E-state index contributed by atoms with van der Waals surface area (Å²) in [6.45, 7) is 3.98. The molecule has 0 fully saturated rings. The molecule has 0 bridgehead atoms. The van der Waals surface area contributed by atoms with E-state index in [0.29, 0.717) is 6.54 Å². The van der Waals surface area contributed by atoms with Crippen LogP contribution < -0.4 is 11.4 Å². The fraction of sp³-hybridized carbons (Fsp3) is 0.364. The van der Waals surface area contributed by atoms with Crippen LogP contribution in [0.25, 0.3) is 0 Å². The highest BCUT2D eigenvalue weighted by Crippen LogP contribution is 2.04. The van der Waals surface area contributed by atoms with Gasteiger partial charge < -0.3 is 10.7 Å². The molecule has 96 valence electrons. The fourth-order valence-electron chi connectivity index (χ4n) is 1.80. The maximum atomic E-state index is 11.8. The highest BCUT2D eigenvalue weighted by atomic mass is 16.2. The van der Waals surface area contributed by atoms with Crippen LogP contribution in [0.3, 0.4) is 0 Å². The predicted molar refractivity (Wildman–Crippen MR) is 66.4 cm³/mol. The average Bonchev–Trinajstić information content (AvgIpc) is 2.83. The van der Waals surface area contributed by atoms with Crippen LogP contribution in [-0.2, 0) is 6.54 Å². The number of H-pyrrole nitrogens is 1. The lowest BCUT2D eigenvalue weighted by Crippen LogP contribution is -2.22. The molecule has 0 aliphatic heterocycles. The molecule has 0 spiro atoms. The zero-order chi connectivity index (χ0) is 13.3. The number of rotatable bonds is 3. The van der Waals surface area contributed by atoms with Crippen LogP contribution in [0, 0.1) is 13.8 Å². The van der Waals surface area contributed by atoms with Gasteiger partial charge in [-0.15, -0.1) is 0 Å². The summed E-state index contributed by atoms with van der Waals surface area (Å²) in [5, 5.41) is 0. The molecule has 2 aromatic heterocycles. The summed E-state index contributed by atoms with van der Waals surface area (Å²) in [6, 6.07) is 0. The van der Waals surface area contributed by atoms with Crippen LogP contribution in [0.5, 0.6) is 0 Å². The number of aromatic nitrogens is 4. The monoisotopic (exact) mass is 249 g/mol. The number of hydrogen-bond acceptors (Lipinski definition) is 4. The molecule has 7 heteroatoms. The Morgan fingerprint density at radius 2 is 2.22 bits per heavy atom. The smallest absolute Gasteiger partial charge is 0.325 e. The molecule has 0 atom stereocenters. The van der Waals surface area contributed by atoms with Gasteiger partial charge in [-0.25, -0.2) is 9.78 Å². The molecule has 2 rings (SSSR count). The minimum atomic E-state index is -0.198. The van der Waals surface area contributed by atoms with Gasteiger partial charge >= 0.3 is 5.69 Å². The van der Waals surface area contributed by atoms with Crippen molar-refractivity contribution in [2.75, 3.05) is 5.73 Å². The lowest BCUT2D eigenvalue weighted by atomic mass is 10.3. The van der Waals surface area contributed by atoms with Gasteiger partial charge in [-0.1, -0.05) is 0 Å². The second-order valence-electron chi connectivity index (χ2n) is 4.09. The topological polar surface area (TPSA) is 98.7 Å². The lowest BCUT2D eigenvalue weighted by Gasteiger charge is -2.05. The summed E-state index contributed by atoms with van der Waals surface area (Å²) in [4.78, 5) is 29.9. The van der Waals surface area contributed by atoms with Gasteiger partial charge in [0.15, 0.2) is 0 Å². The van der Waals surface area contributed by atoms with Gasteiger partial charge in [-0.2, -0.15) is 0 Å². The minimum Gasteiger partial charge on any atom is -0.369 e. The SMILES string of the molecule is Cc1[nH]c(=O)n(CCC(=O)n2ccnc2N)c1C. The van der Waals surface area contributed by atoms with Gasteiger partial charge in [0.25, 0.3) is 0 Å². The number of nitrogens with one attached hydrogen (secondary N) is 1. The summed E-state index contributed by atoms with van der Waals surface area (Å²) >= 11 is 0. The van der Waals surface area contributed by atoms with E-state index < -0.39 is 0 Å². The van der Waals surface area contributed by atoms with E-state index in [4.69, 9.17) is 5.73 Å². The molecule has 0 aliphatic carbocycles. The Labute approximate surface area is 103 Å². The summed E-state index contributed by atoms with van der Waals surface area (Å²) in [6.07, 6.45) is 3.17. The summed E-state index contributed by atoms with van der Waals surface area (Å²) in [5.41, 5.74) is 6.99. The third kappa shape index (κ3) is 2.06. The van der Waals surface area contributed by atoms with E-state index in [2.05, 4.69) is 9.97 Å². The zero-order valence-corrected chi connectivity index (χ0v) is 10.3. The van der Waals surface area contributed by atoms with Crippen molar-refractivity contribution in [3.05, 3.63) is 34.3 Å². The maximum Gasteiger partial charge on any atom is 0.325 e. The molecule has 0 aromatic carbocycles. The van der Waals surface area contributed by atoms with Crippen LogP contribution in [-0.4, -0.2) is 25.0 Å². The van der Waals surface area contributed by atoms with Gasteiger partial charge in [0.05, 0.1) is 0 Å². The van der Waals surface area contributed by atoms with Crippen LogP contribution in [0.4, 0.5) is 5.95 Å². The first-order valence-corrected chi connectivity index (χ1v) is 5.58. The van der Waals surface area contributed by atoms with E-state index in [1.54, 1.807) is 4.57 Å². The summed E-state index contributed by atoms with van der Waals surface area (Å²) in [5.74, 6) is -0.0236. The van der Waals surface area contributed by atoms with Crippen LogP contribution in [0.2, 0.25) is 0 Å². The molecule has 0 radical (unpaired) electrons. The van der Waals surface area contributed by atoms with Crippen molar-refractivity contribution < 1.29 is 4.79 Å². The number of nitrogen functional groups attached to an aromatic ring is 1. The highest BCUT2D eigenvalue weighted by Gasteiger charge is 2.11. The molecule has 2 heterocycles. The quantitative estimate of drug-likeness (QED) is 0.817. The third-order valence-corrected chi connectivity index (χ3v) is 2.97. The van der Waals surface area contributed by atoms with Crippen molar-refractivity contribution in [2.45, 2.75) is 26.8 Å². The van der Waals surface area contributed by atoms with Crippen LogP contribution in [0.15, 0.2) is 17.2 Å². The predicted octanol–water partition coefficient (Wildman–Crippen LogP) is 0.302. The van der Waals surface area contributed by atoms with E-state index in [1.807, 2.05) is 13.8 Å². The van der Waals surface area contributed by atoms with E-state index in [1.165, 1.54) is 17.0 Å².